The Labute approximate surface area is 115 Å². The first-order valence-electron chi connectivity index (χ1n) is 7.11. The lowest BCUT2D eigenvalue weighted by Crippen LogP contribution is -2.52. The second-order valence-electron chi connectivity index (χ2n) is 5.94. The molecule has 19 heavy (non-hydrogen) atoms. The number of likely N-dealkylation sites (tertiary alicyclic amines) is 1. The third-order valence-corrected chi connectivity index (χ3v) is 3.77. The molecule has 1 aromatic heterocycles. The quantitative estimate of drug-likeness (QED) is 0.856. The third kappa shape index (κ3) is 4.03. The highest BCUT2D eigenvalue weighted by molar-refractivity contribution is 5.04. The van der Waals surface area contributed by atoms with Crippen LogP contribution in [0.3, 0.4) is 0 Å². The molecular weight excluding hydrogens is 240 g/mol. The number of rotatable bonds is 5. The molecule has 0 spiro atoms. The third-order valence-electron chi connectivity index (χ3n) is 3.77. The highest BCUT2D eigenvalue weighted by Gasteiger charge is 2.32. The molecule has 1 aliphatic heterocycles. The lowest BCUT2D eigenvalue weighted by molar-refractivity contribution is -0.0441. The Kier molecular flexibility index (Phi) is 4.60. The first-order chi connectivity index (χ1) is 9.00. The van der Waals surface area contributed by atoms with Crippen molar-refractivity contribution in [3.63, 3.8) is 0 Å². The molecule has 0 aliphatic carbocycles. The van der Waals surface area contributed by atoms with Crippen LogP contribution in [0.15, 0.2) is 12.4 Å². The van der Waals surface area contributed by atoms with Crippen molar-refractivity contribution in [1.29, 1.82) is 0 Å². The smallest absolute Gasteiger partial charge is 0.0900 e. The van der Waals surface area contributed by atoms with Gasteiger partial charge < -0.3 is 10.0 Å². The molecule has 1 aromatic rings. The summed E-state index contributed by atoms with van der Waals surface area (Å²) in [6.45, 7) is 6.40. The van der Waals surface area contributed by atoms with Gasteiger partial charge in [-0.1, -0.05) is 0 Å². The molecule has 5 nitrogen and oxygen atoms in total. The van der Waals surface area contributed by atoms with Crippen LogP contribution in [0.2, 0.25) is 0 Å². The number of likely N-dealkylation sites (N-methyl/N-ethyl adjacent to an activating group) is 2. The fourth-order valence-corrected chi connectivity index (χ4v) is 3.00. The summed E-state index contributed by atoms with van der Waals surface area (Å²) in [5, 5.41) is 14.9. The molecule has 0 bridgehead atoms. The number of aryl methyl sites for hydroxylation is 1. The summed E-state index contributed by atoms with van der Waals surface area (Å²) in [4.78, 5) is 4.41. The van der Waals surface area contributed by atoms with Gasteiger partial charge in [-0.3, -0.25) is 9.58 Å². The van der Waals surface area contributed by atoms with Crippen molar-refractivity contribution in [3.8, 4) is 0 Å². The van der Waals surface area contributed by atoms with Gasteiger partial charge in [-0.2, -0.15) is 5.10 Å². The lowest BCUT2D eigenvalue weighted by atomic mass is 9.92. The van der Waals surface area contributed by atoms with Crippen molar-refractivity contribution >= 4 is 0 Å². The van der Waals surface area contributed by atoms with E-state index in [-0.39, 0.29) is 0 Å². The average Bonchev–Trinajstić information content (AvgIpc) is 2.75. The van der Waals surface area contributed by atoms with Crippen LogP contribution in [0.1, 0.15) is 25.3 Å². The topological polar surface area (TPSA) is 44.5 Å². The number of aromatic nitrogens is 2. The summed E-state index contributed by atoms with van der Waals surface area (Å²) < 4.78 is 1.94. The highest BCUT2D eigenvalue weighted by atomic mass is 16.3. The molecule has 0 aromatic carbocycles. The van der Waals surface area contributed by atoms with Crippen LogP contribution < -0.4 is 0 Å². The summed E-state index contributed by atoms with van der Waals surface area (Å²) in [6.07, 6.45) is 5.97. The van der Waals surface area contributed by atoms with E-state index in [2.05, 4.69) is 42.1 Å². The number of β-amino-alcohol motifs (C(OH)–C–C–N with tert-alkyl or cyclic N) is 1. The Balaban J connectivity index is 1.87. The Hall–Kier alpha value is -0.910. The van der Waals surface area contributed by atoms with Gasteiger partial charge in [0.25, 0.3) is 0 Å². The Morgan fingerprint density at radius 2 is 2.32 bits per heavy atom. The zero-order chi connectivity index (χ0) is 13.9. The summed E-state index contributed by atoms with van der Waals surface area (Å²) in [7, 11) is 4.14. The predicted molar refractivity (Wildman–Crippen MR) is 75.9 cm³/mol. The van der Waals surface area contributed by atoms with Crippen molar-refractivity contribution in [2.45, 2.75) is 38.5 Å². The SMILES string of the molecule is CCn1cc(CN(C)C[C@]2(O)CCCN(C)C2)cn1. The standard InChI is InChI=1S/C14H26N4O/c1-4-18-10-13(8-15-18)9-17(3)12-14(19)6-5-7-16(2)11-14/h8,10,19H,4-7,9,11-12H2,1-3H3/t14-/m0/s1. The first-order valence-corrected chi connectivity index (χ1v) is 7.11. The van der Waals surface area contributed by atoms with E-state index in [0.717, 1.165) is 39.0 Å². The Morgan fingerprint density at radius 1 is 1.53 bits per heavy atom. The van der Waals surface area contributed by atoms with Gasteiger partial charge >= 0.3 is 0 Å². The maximum absolute atomic E-state index is 10.6. The second kappa shape index (κ2) is 6.03. The maximum atomic E-state index is 10.6. The van der Waals surface area contributed by atoms with Gasteiger partial charge in [0.05, 0.1) is 11.8 Å². The van der Waals surface area contributed by atoms with Crippen LogP contribution in [0.4, 0.5) is 0 Å². The molecule has 0 unspecified atom stereocenters. The molecule has 1 fully saturated rings. The monoisotopic (exact) mass is 266 g/mol. The van der Waals surface area contributed by atoms with Crippen molar-refractivity contribution in [2.75, 3.05) is 33.7 Å². The Morgan fingerprint density at radius 3 is 2.95 bits per heavy atom. The molecule has 1 N–H and O–H groups in total. The van der Waals surface area contributed by atoms with Gasteiger partial charge in [0.15, 0.2) is 0 Å². The maximum Gasteiger partial charge on any atom is 0.0900 e. The summed E-state index contributed by atoms with van der Waals surface area (Å²) in [5.74, 6) is 0. The molecule has 5 heteroatoms. The molecule has 1 atom stereocenters. The zero-order valence-corrected chi connectivity index (χ0v) is 12.3. The summed E-state index contributed by atoms with van der Waals surface area (Å²) in [5.41, 5.74) is 0.639. The van der Waals surface area contributed by atoms with E-state index in [1.165, 1.54) is 5.56 Å². The van der Waals surface area contributed by atoms with Gasteiger partial charge in [-0.05, 0) is 40.4 Å². The molecule has 2 rings (SSSR count). The lowest BCUT2D eigenvalue weighted by Gasteiger charge is -2.39. The van der Waals surface area contributed by atoms with E-state index >= 15 is 0 Å². The fourth-order valence-electron chi connectivity index (χ4n) is 3.00. The fraction of sp³-hybridized carbons (Fsp3) is 0.786. The predicted octanol–water partition coefficient (Wildman–Crippen LogP) is 0.791. The van der Waals surface area contributed by atoms with E-state index < -0.39 is 5.60 Å². The zero-order valence-electron chi connectivity index (χ0n) is 12.3. The summed E-state index contributed by atoms with van der Waals surface area (Å²) >= 11 is 0. The Bertz CT molecular complexity index is 406. The van der Waals surface area contributed by atoms with Crippen molar-refractivity contribution in [1.82, 2.24) is 19.6 Å². The minimum absolute atomic E-state index is 0.567. The van der Waals surface area contributed by atoms with Crippen LogP contribution in [0, 0.1) is 0 Å². The van der Waals surface area contributed by atoms with E-state index in [1.54, 1.807) is 0 Å². The van der Waals surface area contributed by atoms with E-state index in [0.29, 0.717) is 6.54 Å². The normalized spacial score (nSPS) is 25.1. The largest absolute Gasteiger partial charge is 0.387 e. The van der Waals surface area contributed by atoms with Crippen LogP contribution in [-0.2, 0) is 13.1 Å². The number of hydrogen-bond acceptors (Lipinski definition) is 4. The van der Waals surface area contributed by atoms with Crippen LogP contribution in [-0.4, -0.2) is 64.0 Å². The van der Waals surface area contributed by atoms with Crippen molar-refractivity contribution in [3.05, 3.63) is 18.0 Å². The first kappa shape index (κ1) is 14.5. The summed E-state index contributed by atoms with van der Waals surface area (Å²) in [6, 6.07) is 0. The highest BCUT2D eigenvalue weighted by Crippen LogP contribution is 2.21. The van der Waals surface area contributed by atoms with Gasteiger partial charge in [0.1, 0.15) is 0 Å². The van der Waals surface area contributed by atoms with Crippen LogP contribution in [0.25, 0.3) is 0 Å². The van der Waals surface area contributed by atoms with Gasteiger partial charge in [-0.15, -0.1) is 0 Å². The molecule has 0 saturated carbocycles. The number of hydrogen-bond donors (Lipinski definition) is 1. The minimum Gasteiger partial charge on any atom is -0.387 e. The number of piperidine rings is 1. The van der Waals surface area contributed by atoms with E-state index in [9.17, 15) is 5.11 Å². The van der Waals surface area contributed by atoms with Gasteiger partial charge in [0, 0.05) is 37.9 Å². The molecule has 108 valence electrons. The second-order valence-corrected chi connectivity index (χ2v) is 5.94. The number of aliphatic hydroxyl groups is 1. The minimum atomic E-state index is -0.567. The van der Waals surface area contributed by atoms with Crippen LogP contribution in [0.5, 0.6) is 0 Å². The average molecular weight is 266 g/mol. The van der Waals surface area contributed by atoms with E-state index in [1.807, 2.05) is 10.9 Å². The molecule has 1 aliphatic rings. The number of nitrogens with zero attached hydrogens (tertiary/aromatic N) is 4. The van der Waals surface area contributed by atoms with Crippen LogP contribution >= 0.6 is 0 Å². The van der Waals surface area contributed by atoms with E-state index in [4.69, 9.17) is 0 Å². The van der Waals surface area contributed by atoms with Gasteiger partial charge in [-0.25, -0.2) is 0 Å². The molecule has 0 radical (unpaired) electrons. The molecule has 2 heterocycles. The molecular formula is C14H26N4O. The van der Waals surface area contributed by atoms with Crippen molar-refractivity contribution in [2.24, 2.45) is 0 Å². The molecule has 1 saturated heterocycles. The molecule has 0 amide bonds. The van der Waals surface area contributed by atoms with Gasteiger partial charge in [0.2, 0.25) is 0 Å². The van der Waals surface area contributed by atoms with Crippen molar-refractivity contribution < 1.29 is 5.11 Å².